The van der Waals surface area contributed by atoms with Gasteiger partial charge in [0.2, 0.25) is 0 Å². The summed E-state index contributed by atoms with van der Waals surface area (Å²) >= 11 is 0. The van der Waals surface area contributed by atoms with E-state index in [9.17, 15) is 28.8 Å². The van der Waals surface area contributed by atoms with Crippen LogP contribution in [0.1, 0.15) is 34.6 Å². The maximum Gasteiger partial charge on any atom is 0.147 e. The third-order valence-electron chi connectivity index (χ3n) is 7.01. The fourth-order valence-electron chi connectivity index (χ4n) is 5.34. The smallest absolute Gasteiger partial charge is 0.147 e. The van der Waals surface area contributed by atoms with Crippen molar-refractivity contribution in [3.05, 3.63) is 0 Å². The van der Waals surface area contributed by atoms with Crippen LogP contribution in [0.5, 0.6) is 0 Å². The molecule has 0 aromatic heterocycles. The molecule has 8 atom stereocenters. The SMILES string of the molecule is CC1C(=O)C(C)C(C2C(=O)C(C)C(=O)C2C2C(=O)C(C)C(=O)C2C)C1=O. The topological polar surface area (TPSA) is 102 Å². The Morgan fingerprint density at radius 2 is 0.615 bits per heavy atom. The van der Waals surface area contributed by atoms with E-state index in [0.717, 1.165) is 0 Å². The molecule has 0 amide bonds. The van der Waals surface area contributed by atoms with E-state index in [-0.39, 0.29) is 34.7 Å². The molecular formula is C20H24O6. The summed E-state index contributed by atoms with van der Waals surface area (Å²) in [5.74, 6) is -9.42. The number of Topliss-reactive ketones (excluding diaryl/α,β-unsaturated/α-hetero) is 6. The van der Waals surface area contributed by atoms with E-state index in [1.165, 1.54) is 20.8 Å². The lowest BCUT2D eigenvalue weighted by atomic mass is 9.70. The van der Waals surface area contributed by atoms with E-state index in [2.05, 4.69) is 0 Å². The van der Waals surface area contributed by atoms with E-state index in [1.807, 2.05) is 0 Å². The lowest BCUT2D eigenvalue weighted by Crippen LogP contribution is -2.39. The van der Waals surface area contributed by atoms with Crippen LogP contribution in [0.3, 0.4) is 0 Å². The van der Waals surface area contributed by atoms with Gasteiger partial charge < -0.3 is 0 Å². The van der Waals surface area contributed by atoms with E-state index in [4.69, 9.17) is 0 Å². The van der Waals surface area contributed by atoms with Gasteiger partial charge in [-0.2, -0.15) is 0 Å². The highest BCUT2D eigenvalue weighted by atomic mass is 16.2. The van der Waals surface area contributed by atoms with Gasteiger partial charge in [0.25, 0.3) is 0 Å². The number of carbonyl (C=O) groups is 6. The first kappa shape index (κ1) is 18.8. The molecule has 0 aromatic rings. The van der Waals surface area contributed by atoms with Gasteiger partial charge in [-0.15, -0.1) is 0 Å². The second-order valence-corrected chi connectivity index (χ2v) is 8.26. The predicted molar refractivity (Wildman–Crippen MR) is 89.8 cm³/mol. The molecule has 0 bridgehead atoms. The highest BCUT2D eigenvalue weighted by Crippen LogP contribution is 2.50. The Hall–Kier alpha value is -1.98. The number of ketones is 6. The van der Waals surface area contributed by atoms with Crippen molar-refractivity contribution in [2.45, 2.75) is 34.6 Å². The van der Waals surface area contributed by atoms with Crippen LogP contribution in [-0.4, -0.2) is 34.7 Å². The monoisotopic (exact) mass is 360 g/mol. The predicted octanol–water partition coefficient (Wildman–Crippen LogP) is 1.09. The van der Waals surface area contributed by atoms with Crippen LogP contribution in [0.25, 0.3) is 0 Å². The number of hydrogen-bond acceptors (Lipinski definition) is 6. The Bertz CT molecular complexity index is 687. The van der Waals surface area contributed by atoms with Gasteiger partial charge in [0.05, 0.1) is 17.8 Å². The Labute approximate surface area is 152 Å². The van der Waals surface area contributed by atoms with Gasteiger partial charge in [-0.3, -0.25) is 28.8 Å². The zero-order valence-electron chi connectivity index (χ0n) is 15.6. The molecule has 3 rings (SSSR count). The average molecular weight is 360 g/mol. The molecule has 8 unspecified atom stereocenters. The quantitative estimate of drug-likeness (QED) is 0.683. The van der Waals surface area contributed by atoms with Crippen molar-refractivity contribution in [3.63, 3.8) is 0 Å². The van der Waals surface area contributed by atoms with Crippen LogP contribution in [0.4, 0.5) is 0 Å². The van der Waals surface area contributed by atoms with E-state index in [0.29, 0.717) is 0 Å². The van der Waals surface area contributed by atoms with Gasteiger partial charge in [0.1, 0.15) is 34.7 Å². The van der Waals surface area contributed by atoms with Crippen molar-refractivity contribution in [1.29, 1.82) is 0 Å². The molecule has 6 nitrogen and oxygen atoms in total. The first-order chi connectivity index (χ1) is 12.0. The average Bonchev–Trinajstić information content (AvgIpc) is 3.02. The van der Waals surface area contributed by atoms with Crippen molar-refractivity contribution >= 4 is 34.7 Å². The fourth-order valence-corrected chi connectivity index (χ4v) is 5.34. The van der Waals surface area contributed by atoms with Gasteiger partial charge in [-0.1, -0.05) is 13.8 Å². The van der Waals surface area contributed by atoms with Crippen molar-refractivity contribution in [3.8, 4) is 0 Å². The summed E-state index contributed by atoms with van der Waals surface area (Å²) in [6.45, 7) is 7.76. The maximum atomic E-state index is 12.9. The summed E-state index contributed by atoms with van der Waals surface area (Å²) in [6, 6.07) is 0. The standard InChI is InChI=1S/C20H24O6/c1-6-11(17(23)8(3)15(6)21)13-14(20(26)10(5)19(13)25)12-7(2)16(22)9(4)18(12)24/h6-14H,1-5H3. The van der Waals surface area contributed by atoms with Crippen LogP contribution >= 0.6 is 0 Å². The van der Waals surface area contributed by atoms with Crippen LogP contribution in [-0.2, 0) is 28.8 Å². The van der Waals surface area contributed by atoms with E-state index < -0.39 is 53.3 Å². The first-order valence-corrected chi connectivity index (χ1v) is 9.24. The summed E-state index contributed by atoms with van der Waals surface area (Å²) in [4.78, 5) is 75.7. The zero-order chi connectivity index (χ0) is 19.7. The van der Waals surface area contributed by atoms with Gasteiger partial charge in [0.15, 0.2) is 0 Å². The van der Waals surface area contributed by atoms with Crippen LogP contribution in [0.2, 0.25) is 0 Å². The Morgan fingerprint density at radius 1 is 0.385 bits per heavy atom. The van der Waals surface area contributed by atoms with Gasteiger partial charge in [0, 0.05) is 35.5 Å². The molecular weight excluding hydrogens is 336 g/mol. The van der Waals surface area contributed by atoms with Crippen LogP contribution < -0.4 is 0 Å². The zero-order valence-corrected chi connectivity index (χ0v) is 15.6. The van der Waals surface area contributed by atoms with Crippen molar-refractivity contribution in [1.82, 2.24) is 0 Å². The minimum absolute atomic E-state index is 0.228. The molecule has 0 N–H and O–H groups in total. The molecule has 3 fully saturated rings. The second-order valence-electron chi connectivity index (χ2n) is 8.26. The van der Waals surface area contributed by atoms with E-state index >= 15 is 0 Å². The molecule has 3 aliphatic carbocycles. The van der Waals surface area contributed by atoms with E-state index in [1.54, 1.807) is 13.8 Å². The Morgan fingerprint density at radius 3 is 0.846 bits per heavy atom. The fraction of sp³-hybridized carbons (Fsp3) is 0.700. The Balaban J connectivity index is 2.08. The molecule has 3 aliphatic rings. The molecule has 0 aliphatic heterocycles. The maximum absolute atomic E-state index is 12.9. The van der Waals surface area contributed by atoms with Gasteiger partial charge in [-0.05, 0) is 20.8 Å². The van der Waals surface area contributed by atoms with Gasteiger partial charge >= 0.3 is 0 Å². The third kappa shape index (κ3) is 2.23. The molecule has 26 heavy (non-hydrogen) atoms. The molecule has 0 heterocycles. The lowest BCUT2D eigenvalue weighted by Gasteiger charge is -2.29. The van der Waals surface area contributed by atoms with Crippen molar-refractivity contribution < 1.29 is 28.8 Å². The summed E-state index contributed by atoms with van der Waals surface area (Å²) in [5, 5.41) is 0. The lowest BCUT2D eigenvalue weighted by molar-refractivity contribution is -0.137. The highest BCUT2D eigenvalue weighted by molar-refractivity contribution is 6.19. The summed E-state index contributed by atoms with van der Waals surface area (Å²) < 4.78 is 0. The largest absolute Gasteiger partial charge is 0.299 e. The van der Waals surface area contributed by atoms with Crippen molar-refractivity contribution in [2.24, 2.45) is 53.3 Å². The van der Waals surface area contributed by atoms with Gasteiger partial charge in [-0.25, -0.2) is 0 Å². The first-order valence-electron chi connectivity index (χ1n) is 9.24. The Kier molecular flexibility index (Phi) is 4.36. The molecule has 0 aromatic carbocycles. The molecule has 0 saturated heterocycles. The third-order valence-corrected chi connectivity index (χ3v) is 7.01. The minimum atomic E-state index is -0.983. The normalized spacial score (nSPS) is 46.7. The molecule has 0 radical (unpaired) electrons. The number of rotatable bonds is 2. The molecule has 3 saturated carbocycles. The molecule has 0 spiro atoms. The summed E-state index contributed by atoms with van der Waals surface area (Å²) in [5.41, 5.74) is 0. The van der Waals surface area contributed by atoms with Crippen LogP contribution in [0, 0.1) is 53.3 Å². The second kappa shape index (κ2) is 6.03. The molecule has 6 heteroatoms. The molecule has 140 valence electrons. The highest BCUT2D eigenvalue weighted by Gasteiger charge is 2.63. The number of carbonyl (C=O) groups excluding carboxylic acids is 6. The minimum Gasteiger partial charge on any atom is -0.299 e. The number of hydrogen-bond donors (Lipinski definition) is 0. The van der Waals surface area contributed by atoms with Crippen LogP contribution in [0.15, 0.2) is 0 Å². The summed E-state index contributed by atoms with van der Waals surface area (Å²) in [6.07, 6.45) is 0. The summed E-state index contributed by atoms with van der Waals surface area (Å²) in [7, 11) is 0. The van der Waals surface area contributed by atoms with Crippen molar-refractivity contribution in [2.75, 3.05) is 0 Å².